The first kappa shape index (κ1) is 23.4. The molecule has 0 aliphatic rings. The zero-order valence-electron chi connectivity index (χ0n) is 19.3. The van der Waals surface area contributed by atoms with Gasteiger partial charge in [-0.1, -0.05) is 75.4 Å². The maximum Gasteiger partial charge on any atom is 0.331 e. The van der Waals surface area contributed by atoms with Gasteiger partial charge in [0, 0.05) is 23.2 Å². The molecule has 174 valence electrons. The number of nitrogens with zero attached hydrogens (tertiary/aromatic N) is 3. The monoisotopic (exact) mass is 474 g/mol. The predicted molar refractivity (Wildman–Crippen MR) is 135 cm³/mol. The number of carbonyl (C=O) groups is 1. The molecule has 4 aromatic rings. The number of nitrogens with one attached hydrogen (secondary N) is 1. The summed E-state index contributed by atoms with van der Waals surface area (Å²) in [5.74, 6) is -0.486. The zero-order valence-corrected chi connectivity index (χ0v) is 20.1. The minimum atomic E-state index is -0.537. The van der Waals surface area contributed by atoms with Gasteiger partial charge in [0.2, 0.25) is 5.91 Å². The Morgan fingerprint density at radius 2 is 1.71 bits per heavy atom. The number of aromatic nitrogens is 3. The van der Waals surface area contributed by atoms with Crippen molar-refractivity contribution in [1.82, 2.24) is 14.1 Å². The van der Waals surface area contributed by atoms with E-state index in [-0.39, 0.29) is 12.0 Å². The molecule has 4 rings (SSSR count). The summed E-state index contributed by atoms with van der Waals surface area (Å²) >= 11 is 1.29. The summed E-state index contributed by atoms with van der Waals surface area (Å²) in [5.41, 5.74) is 2.86. The summed E-state index contributed by atoms with van der Waals surface area (Å²) in [4.78, 5) is 42.2. The molecule has 1 amide bonds. The van der Waals surface area contributed by atoms with Gasteiger partial charge >= 0.3 is 5.69 Å². The molecule has 2 aromatic heterocycles. The smallest absolute Gasteiger partial charge is 0.300 e. The highest BCUT2D eigenvalue weighted by atomic mass is 32.1. The van der Waals surface area contributed by atoms with E-state index in [4.69, 9.17) is 0 Å². The molecule has 2 heterocycles. The van der Waals surface area contributed by atoms with Gasteiger partial charge in [-0.05, 0) is 16.5 Å². The van der Waals surface area contributed by atoms with Crippen LogP contribution in [-0.2, 0) is 23.3 Å². The Bertz CT molecular complexity index is 1410. The van der Waals surface area contributed by atoms with Gasteiger partial charge in [-0.25, -0.2) is 9.78 Å². The molecule has 0 aliphatic carbocycles. The lowest BCUT2D eigenvalue weighted by Crippen LogP contribution is -2.41. The third-order valence-corrected chi connectivity index (χ3v) is 6.19. The Kier molecular flexibility index (Phi) is 6.61. The second-order valence-electron chi connectivity index (χ2n) is 9.05. The maximum atomic E-state index is 12.8. The van der Waals surface area contributed by atoms with E-state index in [9.17, 15) is 14.4 Å². The Balaban J connectivity index is 1.46. The van der Waals surface area contributed by atoms with Crippen LogP contribution in [0.25, 0.3) is 11.3 Å². The largest absolute Gasteiger partial charge is 0.331 e. The van der Waals surface area contributed by atoms with Crippen molar-refractivity contribution < 1.29 is 4.79 Å². The lowest BCUT2D eigenvalue weighted by atomic mass is 9.86. The Morgan fingerprint density at radius 3 is 2.38 bits per heavy atom. The van der Waals surface area contributed by atoms with Crippen molar-refractivity contribution >= 4 is 22.4 Å². The molecule has 0 aliphatic heterocycles. The number of rotatable bonds is 6. The van der Waals surface area contributed by atoms with Crippen LogP contribution in [0, 0.1) is 0 Å². The average molecular weight is 475 g/mol. The lowest BCUT2D eigenvalue weighted by molar-refractivity contribution is -0.116. The fourth-order valence-electron chi connectivity index (χ4n) is 3.51. The zero-order chi connectivity index (χ0) is 24.3. The molecule has 0 bridgehead atoms. The molecule has 1 N–H and O–H groups in total. The number of amides is 1. The maximum absolute atomic E-state index is 12.8. The van der Waals surface area contributed by atoms with Crippen molar-refractivity contribution in [3.63, 3.8) is 0 Å². The molecule has 34 heavy (non-hydrogen) atoms. The molecule has 0 spiro atoms. The first-order valence-electron chi connectivity index (χ1n) is 10.9. The van der Waals surface area contributed by atoms with Gasteiger partial charge in [-0.3, -0.25) is 18.7 Å². The van der Waals surface area contributed by atoms with E-state index in [0.29, 0.717) is 11.7 Å². The summed E-state index contributed by atoms with van der Waals surface area (Å²) < 4.78 is 2.34. The highest BCUT2D eigenvalue weighted by molar-refractivity contribution is 7.14. The van der Waals surface area contributed by atoms with E-state index in [0.717, 1.165) is 21.4 Å². The molecule has 2 aromatic carbocycles. The van der Waals surface area contributed by atoms with E-state index in [2.05, 4.69) is 43.2 Å². The number of hydrogen-bond acceptors (Lipinski definition) is 5. The second-order valence-corrected chi connectivity index (χ2v) is 9.91. The minimum Gasteiger partial charge on any atom is -0.300 e. The Morgan fingerprint density at radius 1 is 1.00 bits per heavy atom. The normalized spacial score (nSPS) is 11.4. The minimum absolute atomic E-state index is 0.0644. The molecule has 0 radical (unpaired) electrons. The summed E-state index contributed by atoms with van der Waals surface area (Å²) in [5, 5.41) is 4.98. The van der Waals surface area contributed by atoms with Crippen molar-refractivity contribution in [2.75, 3.05) is 5.32 Å². The van der Waals surface area contributed by atoms with Crippen molar-refractivity contribution in [1.29, 1.82) is 0 Å². The fraction of sp³-hybridized carbons (Fsp3) is 0.231. The summed E-state index contributed by atoms with van der Waals surface area (Å²) in [6, 6.07) is 18.9. The number of carbonyl (C=O) groups excluding carboxylic acids is 1. The van der Waals surface area contributed by atoms with Crippen molar-refractivity contribution in [2.24, 2.45) is 0 Å². The molecule has 7 nitrogen and oxygen atoms in total. The highest BCUT2D eigenvalue weighted by Crippen LogP contribution is 2.28. The van der Waals surface area contributed by atoms with E-state index >= 15 is 0 Å². The van der Waals surface area contributed by atoms with Crippen LogP contribution >= 0.6 is 11.3 Å². The summed E-state index contributed by atoms with van der Waals surface area (Å²) in [6.07, 6.45) is 1.45. The van der Waals surface area contributed by atoms with E-state index < -0.39 is 17.2 Å². The average Bonchev–Trinajstić information content (AvgIpc) is 3.27. The second kappa shape index (κ2) is 9.61. The van der Waals surface area contributed by atoms with Gasteiger partial charge in [0.15, 0.2) is 5.13 Å². The topological polar surface area (TPSA) is 86.0 Å². The molecule has 0 saturated heterocycles. The van der Waals surface area contributed by atoms with Gasteiger partial charge in [0.05, 0.1) is 12.2 Å². The number of thiazole rings is 1. The predicted octanol–water partition coefficient (Wildman–Crippen LogP) is 4.12. The Hall–Kier alpha value is -3.78. The van der Waals surface area contributed by atoms with Crippen LogP contribution in [0.3, 0.4) is 0 Å². The van der Waals surface area contributed by atoms with Crippen LogP contribution in [0.1, 0.15) is 31.9 Å². The summed E-state index contributed by atoms with van der Waals surface area (Å²) in [7, 11) is 0. The van der Waals surface area contributed by atoms with Crippen LogP contribution in [0.4, 0.5) is 5.13 Å². The van der Waals surface area contributed by atoms with Crippen LogP contribution in [-0.4, -0.2) is 20.0 Å². The van der Waals surface area contributed by atoms with Gasteiger partial charge in [-0.15, -0.1) is 11.3 Å². The number of benzene rings is 2. The first-order valence-corrected chi connectivity index (χ1v) is 11.8. The third kappa shape index (κ3) is 5.40. The molecular weight excluding hydrogens is 448 g/mol. The van der Waals surface area contributed by atoms with Gasteiger partial charge in [-0.2, -0.15) is 0 Å². The van der Waals surface area contributed by atoms with Crippen molar-refractivity contribution in [3.05, 3.63) is 104 Å². The lowest BCUT2D eigenvalue weighted by Gasteiger charge is -2.18. The SMILES string of the molecule is CC(C)(C)c1ccc(-c2csc(NC(=O)Cn3c(=O)ccn(Cc4ccccc4)c3=O)n2)cc1. The number of hydrogen-bond donors (Lipinski definition) is 1. The highest BCUT2D eigenvalue weighted by Gasteiger charge is 2.15. The van der Waals surface area contributed by atoms with E-state index in [1.807, 2.05) is 47.8 Å². The van der Waals surface area contributed by atoms with Crippen LogP contribution in [0.5, 0.6) is 0 Å². The van der Waals surface area contributed by atoms with Gasteiger partial charge in [0.25, 0.3) is 5.56 Å². The molecule has 8 heteroatoms. The van der Waals surface area contributed by atoms with E-state index in [1.165, 1.54) is 33.7 Å². The van der Waals surface area contributed by atoms with Crippen LogP contribution < -0.4 is 16.6 Å². The van der Waals surface area contributed by atoms with Crippen LogP contribution in [0.2, 0.25) is 0 Å². The third-order valence-electron chi connectivity index (χ3n) is 5.43. The standard InChI is InChI=1S/C26H26N4O3S/c1-26(2,3)20-11-9-19(10-12-20)21-17-34-24(27-21)28-22(31)16-30-23(32)13-14-29(25(30)33)15-18-7-5-4-6-8-18/h4-14,17H,15-16H2,1-3H3,(H,27,28,31). The number of anilines is 1. The quantitative estimate of drug-likeness (QED) is 0.456. The van der Waals surface area contributed by atoms with Gasteiger partial charge < -0.3 is 5.32 Å². The molecule has 0 saturated carbocycles. The summed E-state index contributed by atoms with van der Waals surface area (Å²) in [6.45, 7) is 6.40. The van der Waals surface area contributed by atoms with Crippen molar-refractivity contribution in [2.45, 2.75) is 39.3 Å². The van der Waals surface area contributed by atoms with Crippen LogP contribution in [0.15, 0.2) is 81.8 Å². The van der Waals surface area contributed by atoms with E-state index in [1.54, 1.807) is 0 Å². The first-order chi connectivity index (χ1) is 16.2. The fourth-order valence-corrected chi connectivity index (χ4v) is 4.25. The molecule has 0 fully saturated rings. The van der Waals surface area contributed by atoms with Gasteiger partial charge in [0.1, 0.15) is 6.54 Å². The molecule has 0 atom stereocenters. The molecular formula is C26H26N4O3S. The Labute approximate surface area is 201 Å². The molecule has 0 unspecified atom stereocenters. The van der Waals surface area contributed by atoms with Crippen molar-refractivity contribution in [3.8, 4) is 11.3 Å².